The first kappa shape index (κ1) is 19.6. The predicted octanol–water partition coefficient (Wildman–Crippen LogP) is 4.03. The lowest BCUT2D eigenvalue weighted by molar-refractivity contribution is 0.577. The molecule has 2 aliphatic heterocycles. The maximum Gasteiger partial charge on any atom is 0.164 e. The van der Waals surface area contributed by atoms with E-state index >= 15 is 0 Å². The van der Waals surface area contributed by atoms with Gasteiger partial charge in [0, 0.05) is 16.8 Å². The normalized spacial score (nSPS) is 23.0. The van der Waals surface area contributed by atoms with Crippen molar-refractivity contribution in [2.45, 2.75) is 17.8 Å². The molecule has 0 radical (unpaired) electrons. The topological polar surface area (TPSA) is 49.7 Å². The molecular formula is C18H14ClF3N2O2S2. The molecule has 1 fully saturated rings. The Balaban J connectivity index is 1.65. The number of benzene rings is 2. The van der Waals surface area contributed by atoms with Crippen LogP contribution in [0.5, 0.6) is 0 Å². The van der Waals surface area contributed by atoms with Gasteiger partial charge in [0.05, 0.1) is 29.3 Å². The van der Waals surface area contributed by atoms with Crippen LogP contribution in [0.2, 0.25) is 5.02 Å². The molecule has 2 aliphatic rings. The summed E-state index contributed by atoms with van der Waals surface area (Å²) in [5, 5.41) is 0.684. The van der Waals surface area contributed by atoms with Gasteiger partial charge in [-0.25, -0.2) is 21.6 Å². The van der Waals surface area contributed by atoms with Crippen molar-refractivity contribution in [3.8, 4) is 0 Å². The SMILES string of the molecule is O=S1(=O)CC2N=C(SCc3ccc(F)cc3Cl)N(c3ccc(F)cc3F)C2C1. The summed E-state index contributed by atoms with van der Waals surface area (Å²) in [6, 6.07) is 6.13. The van der Waals surface area contributed by atoms with Crippen molar-refractivity contribution in [2.75, 3.05) is 16.4 Å². The van der Waals surface area contributed by atoms with Crippen molar-refractivity contribution in [1.82, 2.24) is 0 Å². The van der Waals surface area contributed by atoms with E-state index in [1.807, 2.05) is 0 Å². The average molecular weight is 447 g/mol. The van der Waals surface area contributed by atoms with Crippen molar-refractivity contribution in [3.63, 3.8) is 0 Å². The number of hydrogen-bond acceptors (Lipinski definition) is 5. The maximum absolute atomic E-state index is 14.4. The summed E-state index contributed by atoms with van der Waals surface area (Å²) in [6.45, 7) is 0. The third-order valence-electron chi connectivity index (χ3n) is 4.65. The number of thioether (sulfide) groups is 1. The minimum Gasteiger partial charge on any atom is -0.312 e. The Labute approximate surface area is 169 Å². The highest BCUT2D eigenvalue weighted by Gasteiger charge is 2.47. The summed E-state index contributed by atoms with van der Waals surface area (Å²) in [7, 11) is -3.29. The van der Waals surface area contributed by atoms with E-state index in [-0.39, 0.29) is 22.2 Å². The van der Waals surface area contributed by atoms with Crippen LogP contribution in [-0.2, 0) is 15.6 Å². The van der Waals surface area contributed by atoms with Crippen LogP contribution in [0.25, 0.3) is 0 Å². The summed E-state index contributed by atoms with van der Waals surface area (Å²) in [4.78, 5) is 6.00. The molecule has 2 heterocycles. The van der Waals surface area contributed by atoms with E-state index in [4.69, 9.17) is 11.6 Å². The number of halogens is 4. The Morgan fingerprint density at radius 3 is 2.54 bits per heavy atom. The van der Waals surface area contributed by atoms with Gasteiger partial charge in [-0.2, -0.15) is 0 Å². The molecule has 1 saturated heterocycles. The van der Waals surface area contributed by atoms with Crippen molar-refractivity contribution in [2.24, 2.45) is 4.99 Å². The predicted molar refractivity (Wildman–Crippen MR) is 105 cm³/mol. The van der Waals surface area contributed by atoms with E-state index in [0.29, 0.717) is 16.5 Å². The van der Waals surface area contributed by atoms with Crippen LogP contribution in [0.3, 0.4) is 0 Å². The van der Waals surface area contributed by atoms with Gasteiger partial charge in [-0.3, -0.25) is 4.99 Å². The molecule has 0 aliphatic carbocycles. The Kier molecular flexibility index (Phi) is 5.09. The Bertz CT molecular complexity index is 1080. The highest BCUT2D eigenvalue weighted by Crippen LogP contribution is 2.37. The second-order valence-electron chi connectivity index (χ2n) is 6.61. The number of nitrogens with zero attached hydrogens (tertiary/aromatic N) is 2. The third kappa shape index (κ3) is 3.75. The van der Waals surface area contributed by atoms with Crippen molar-refractivity contribution >= 4 is 44.1 Å². The van der Waals surface area contributed by atoms with Crippen LogP contribution in [0.1, 0.15) is 5.56 Å². The highest BCUT2D eigenvalue weighted by atomic mass is 35.5. The van der Waals surface area contributed by atoms with E-state index < -0.39 is 39.4 Å². The fourth-order valence-corrected chi connectivity index (χ4v) is 6.65. The Morgan fingerprint density at radius 2 is 1.82 bits per heavy atom. The molecule has 148 valence electrons. The lowest BCUT2D eigenvalue weighted by Crippen LogP contribution is -2.39. The van der Waals surface area contributed by atoms with E-state index in [9.17, 15) is 21.6 Å². The van der Waals surface area contributed by atoms with E-state index in [0.717, 1.165) is 12.1 Å². The monoisotopic (exact) mass is 446 g/mol. The van der Waals surface area contributed by atoms with Crippen molar-refractivity contribution in [3.05, 3.63) is 64.4 Å². The molecule has 0 N–H and O–H groups in total. The summed E-state index contributed by atoms with van der Waals surface area (Å²) in [6.07, 6.45) is 0. The van der Waals surface area contributed by atoms with Gasteiger partial charge in [-0.1, -0.05) is 29.4 Å². The molecule has 4 nitrogen and oxygen atoms in total. The zero-order chi connectivity index (χ0) is 20.1. The quantitative estimate of drug-likeness (QED) is 0.714. The number of aliphatic imine (C=N–C) groups is 1. The van der Waals surface area contributed by atoms with Gasteiger partial charge in [-0.15, -0.1) is 0 Å². The lowest BCUT2D eigenvalue weighted by Gasteiger charge is -2.27. The van der Waals surface area contributed by atoms with Crippen LogP contribution in [0.15, 0.2) is 41.4 Å². The van der Waals surface area contributed by atoms with Crippen LogP contribution in [0.4, 0.5) is 18.9 Å². The largest absolute Gasteiger partial charge is 0.312 e. The fraction of sp³-hybridized carbons (Fsp3) is 0.278. The van der Waals surface area contributed by atoms with Crippen molar-refractivity contribution < 1.29 is 21.6 Å². The summed E-state index contributed by atoms with van der Waals surface area (Å²) >= 11 is 7.30. The number of rotatable bonds is 3. The van der Waals surface area contributed by atoms with E-state index in [1.54, 1.807) is 6.07 Å². The molecule has 2 unspecified atom stereocenters. The molecule has 10 heteroatoms. The number of anilines is 1. The summed E-state index contributed by atoms with van der Waals surface area (Å²) < 4.78 is 65.0. The second-order valence-corrected chi connectivity index (χ2v) is 10.1. The second kappa shape index (κ2) is 7.27. The van der Waals surface area contributed by atoms with Crippen LogP contribution >= 0.6 is 23.4 Å². The van der Waals surface area contributed by atoms with Crippen LogP contribution in [-0.4, -0.2) is 37.2 Å². The van der Waals surface area contributed by atoms with Gasteiger partial charge in [-0.05, 0) is 29.8 Å². The molecule has 2 atom stereocenters. The standard InChI is InChI=1S/C18H14ClF3N2O2S2/c19-13-5-11(20)2-1-10(13)7-27-18-23-15-8-28(25,26)9-17(15)24(18)16-4-3-12(21)6-14(16)22/h1-6,15,17H,7-9H2. The molecule has 0 amide bonds. The first-order valence-corrected chi connectivity index (χ1v) is 11.5. The summed E-state index contributed by atoms with van der Waals surface area (Å²) in [5.74, 6) is -1.90. The number of amidine groups is 1. The van der Waals surface area contributed by atoms with Crippen molar-refractivity contribution in [1.29, 1.82) is 0 Å². The molecule has 0 aromatic heterocycles. The van der Waals surface area contributed by atoms with E-state index in [1.165, 1.54) is 34.9 Å². The maximum atomic E-state index is 14.4. The van der Waals surface area contributed by atoms with Crippen LogP contribution in [0, 0.1) is 17.5 Å². The van der Waals surface area contributed by atoms with E-state index in [2.05, 4.69) is 4.99 Å². The molecule has 0 spiro atoms. The Morgan fingerprint density at radius 1 is 1.11 bits per heavy atom. The molecule has 2 aromatic carbocycles. The minimum absolute atomic E-state index is 0.0717. The first-order valence-electron chi connectivity index (χ1n) is 8.33. The van der Waals surface area contributed by atoms with Gasteiger partial charge >= 0.3 is 0 Å². The van der Waals surface area contributed by atoms with Gasteiger partial charge in [0.15, 0.2) is 15.0 Å². The third-order valence-corrected chi connectivity index (χ3v) is 7.71. The van der Waals surface area contributed by atoms with Gasteiger partial charge in [0.2, 0.25) is 0 Å². The Hall–Kier alpha value is -1.71. The average Bonchev–Trinajstić information content (AvgIpc) is 3.06. The fourth-order valence-electron chi connectivity index (χ4n) is 3.37. The molecular weight excluding hydrogens is 433 g/mol. The minimum atomic E-state index is -3.29. The lowest BCUT2D eigenvalue weighted by atomic mass is 10.1. The molecule has 0 saturated carbocycles. The zero-order valence-electron chi connectivity index (χ0n) is 14.3. The number of hydrogen-bond donors (Lipinski definition) is 0. The first-order chi connectivity index (χ1) is 13.2. The molecule has 28 heavy (non-hydrogen) atoms. The number of fused-ring (bicyclic) bond motifs is 1. The van der Waals surface area contributed by atoms with Crippen LogP contribution < -0.4 is 4.90 Å². The molecule has 0 bridgehead atoms. The van der Waals surface area contributed by atoms with Gasteiger partial charge in [0.1, 0.15) is 17.5 Å². The number of sulfone groups is 1. The smallest absolute Gasteiger partial charge is 0.164 e. The van der Waals surface area contributed by atoms with Gasteiger partial charge in [0.25, 0.3) is 0 Å². The molecule has 2 aromatic rings. The molecule has 4 rings (SSSR count). The highest BCUT2D eigenvalue weighted by molar-refractivity contribution is 8.13. The summed E-state index contributed by atoms with van der Waals surface area (Å²) in [5.41, 5.74) is 0.738. The van der Waals surface area contributed by atoms with Gasteiger partial charge < -0.3 is 4.90 Å². The zero-order valence-corrected chi connectivity index (χ0v) is 16.7.